The fraction of sp³-hybridized carbons (Fsp3) is 0.333. The first-order chi connectivity index (χ1) is 9.44. The molecule has 1 aromatic rings. The van der Waals surface area contributed by atoms with E-state index in [1.165, 1.54) is 7.11 Å². The molecule has 1 N–H and O–H groups in total. The first-order valence-electron chi connectivity index (χ1n) is 5.90. The number of fused-ring (bicyclic) bond motifs is 1. The largest absolute Gasteiger partial charge is 0.469 e. The SMILES string of the molecule is COC(=O)CCS(=O)(=O)N1CC(=O)Nc2ccccc21. The van der Waals surface area contributed by atoms with Gasteiger partial charge >= 0.3 is 5.97 Å². The Morgan fingerprint density at radius 2 is 2.10 bits per heavy atom. The lowest BCUT2D eigenvalue weighted by Crippen LogP contribution is -2.43. The summed E-state index contributed by atoms with van der Waals surface area (Å²) in [5.41, 5.74) is 0.836. The Labute approximate surface area is 116 Å². The summed E-state index contributed by atoms with van der Waals surface area (Å²) < 4.78 is 29.9. The first kappa shape index (κ1) is 14.3. The summed E-state index contributed by atoms with van der Waals surface area (Å²) in [4.78, 5) is 22.6. The van der Waals surface area contributed by atoms with Gasteiger partial charge in [0.15, 0.2) is 0 Å². The molecular weight excluding hydrogens is 284 g/mol. The number of hydrogen-bond donors (Lipinski definition) is 1. The molecule has 0 aromatic heterocycles. The van der Waals surface area contributed by atoms with E-state index < -0.39 is 27.7 Å². The van der Waals surface area contributed by atoms with E-state index >= 15 is 0 Å². The van der Waals surface area contributed by atoms with Crippen LogP contribution in [-0.2, 0) is 24.3 Å². The number of nitrogens with one attached hydrogen (secondary N) is 1. The summed E-state index contributed by atoms with van der Waals surface area (Å²) in [6.07, 6.45) is -0.251. The highest BCUT2D eigenvalue weighted by molar-refractivity contribution is 7.92. The van der Waals surface area contributed by atoms with Crippen molar-refractivity contribution >= 4 is 33.3 Å². The first-order valence-corrected chi connectivity index (χ1v) is 7.51. The molecule has 1 aliphatic rings. The van der Waals surface area contributed by atoms with E-state index in [1.54, 1.807) is 24.3 Å². The predicted molar refractivity (Wildman–Crippen MR) is 72.8 cm³/mol. The van der Waals surface area contributed by atoms with Crippen LogP contribution in [0.3, 0.4) is 0 Å². The van der Waals surface area contributed by atoms with Crippen LogP contribution in [0.15, 0.2) is 24.3 Å². The smallest absolute Gasteiger partial charge is 0.306 e. The molecule has 8 heteroatoms. The van der Waals surface area contributed by atoms with Gasteiger partial charge in [0.05, 0.1) is 30.7 Å². The molecule has 0 fully saturated rings. The van der Waals surface area contributed by atoms with Crippen molar-refractivity contribution in [3.63, 3.8) is 0 Å². The van der Waals surface area contributed by atoms with Gasteiger partial charge in [0.1, 0.15) is 6.54 Å². The number of methoxy groups -OCH3 is 1. The van der Waals surface area contributed by atoms with Crippen LogP contribution in [0, 0.1) is 0 Å². The van der Waals surface area contributed by atoms with Crippen LogP contribution in [0.1, 0.15) is 6.42 Å². The van der Waals surface area contributed by atoms with Gasteiger partial charge in [0.2, 0.25) is 15.9 Å². The Bertz CT molecular complexity index is 641. The number of para-hydroxylation sites is 2. The number of amides is 1. The highest BCUT2D eigenvalue weighted by atomic mass is 32.2. The molecule has 0 saturated heterocycles. The van der Waals surface area contributed by atoms with Crippen LogP contribution in [0.2, 0.25) is 0 Å². The number of carbonyl (C=O) groups is 2. The fourth-order valence-electron chi connectivity index (χ4n) is 1.87. The van der Waals surface area contributed by atoms with Crippen molar-refractivity contribution in [3.8, 4) is 0 Å². The Hall–Kier alpha value is -2.09. The van der Waals surface area contributed by atoms with E-state index in [0.29, 0.717) is 11.4 Å². The molecule has 1 aromatic carbocycles. The number of esters is 1. The lowest BCUT2D eigenvalue weighted by molar-refractivity contribution is -0.140. The molecule has 0 unspecified atom stereocenters. The number of benzene rings is 1. The van der Waals surface area contributed by atoms with Gasteiger partial charge in [-0.1, -0.05) is 12.1 Å². The molecule has 0 spiro atoms. The number of anilines is 2. The quantitative estimate of drug-likeness (QED) is 0.809. The normalized spacial score (nSPS) is 14.4. The molecule has 1 heterocycles. The number of sulfonamides is 1. The summed E-state index contributed by atoms with van der Waals surface area (Å²) in [5, 5.41) is 2.60. The van der Waals surface area contributed by atoms with E-state index in [2.05, 4.69) is 10.1 Å². The van der Waals surface area contributed by atoms with Gasteiger partial charge in [-0.15, -0.1) is 0 Å². The molecular formula is C12H14N2O5S. The number of rotatable bonds is 4. The summed E-state index contributed by atoms with van der Waals surface area (Å²) in [6.45, 7) is -0.291. The van der Waals surface area contributed by atoms with Crippen molar-refractivity contribution in [1.82, 2.24) is 0 Å². The van der Waals surface area contributed by atoms with Crippen molar-refractivity contribution in [3.05, 3.63) is 24.3 Å². The molecule has 0 atom stereocenters. The molecule has 1 aliphatic heterocycles. The topological polar surface area (TPSA) is 92.8 Å². The molecule has 7 nitrogen and oxygen atoms in total. The van der Waals surface area contributed by atoms with Crippen LogP contribution >= 0.6 is 0 Å². The Kier molecular flexibility index (Phi) is 3.93. The number of carbonyl (C=O) groups excluding carboxylic acids is 2. The maximum absolute atomic E-state index is 12.3. The van der Waals surface area contributed by atoms with Crippen LogP contribution in [0.5, 0.6) is 0 Å². The van der Waals surface area contributed by atoms with E-state index in [4.69, 9.17) is 0 Å². The van der Waals surface area contributed by atoms with Crippen LogP contribution in [0.25, 0.3) is 0 Å². The zero-order valence-corrected chi connectivity index (χ0v) is 11.6. The minimum absolute atomic E-state index is 0.251. The average molecular weight is 298 g/mol. The fourth-order valence-corrected chi connectivity index (χ4v) is 3.29. The molecule has 108 valence electrons. The average Bonchev–Trinajstić information content (AvgIpc) is 2.43. The van der Waals surface area contributed by atoms with E-state index in [9.17, 15) is 18.0 Å². The monoisotopic (exact) mass is 298 g/mol. The van der Waals surface area contributed by atoms with E-state index in [0.717, 1.165) is 4.31 Å². The molecule has 2 rings (SSSR count). The Balaban J connectivity index is 2.28. The van der Waals surface area contributed by atoms with Crippen molar-refractivity contribution in [2.45, 2.75) is 6.42 Å². The number of nitrogens with zero attached hydrogens (tertiary/aromatic N) is 1. The van der Waals surface area contributed by atoms with Gasteiger partial charge in [0.25, 0.3) is 0 Å². The van der Waals surface area contributed by atoms with Gasteiger partial charge in [-0.2, -0.15) is 0 Å². The molecule has 0 aliphatic carbocycles. The van der Waals surface area contributed by atoms with Gasteiger partial charge in [-0.05, 0) is 12.1 Å². The van der Waals surface area contributed by atoms with E-state index in [1.807, 2.05) is 0 Å². The standard InChI is InChI=1S/C12H14N2O5S/c1-19-12(16)6-7-20(17,18)14-8-11(15)13-9-4-2-3-5-10(9)14/h2-5H,6-8H2,1H3,(H,13,15). The third-order valence-electron chi connectivity index (χ3n) is 2.86. The number of ether oxygens (including phenoxy) is 1. The summed E-state index contributed by atoms with van der Waals surface area (Å²) in [7, 11) is -2.57. The van der Waals surface area contributed by atoms with Gasteiger partial charge in [0, 0.05) is 0 Å². The minimum atomic E-state index is -3.76. The van der Waals surface area contributed by atoms with Crippen molar-refractivity contribution in [2.24, 2.45) is 0 Å². The third kappa shape index (κ3) is 2.90. The second-order valence-corrected chi connectivity index (χ2v) is 6.23. The van der Waals surface area contributed by atoms with Crippen LogP contribution in [-0.4, -0.2) is 39.7 Å². The molecule has 20 heavy (non-hydrogen) atoms. The number of hydrogen-bond acceptors (Lipinski definition) is 5. The predicted octanol–water partition coefficient (Wildman–Crippen LogP) is 0.338. The maximum Gasteiger partial charge on any atom is 0.306 e. The van der Waals surface area contributed by atoms with Gasteiger partial charge in [-0.3, -0.25) is 13.9 Å². The molecule has 0 radical (unpaired) electrons. The zero-order valence-electron chi connectivity index (χ0n) is 10.8. The molecule has 0 saturated carbocycles. The second-order valence-electron chi connectivity index (χ2n) is 4.21. The zero-order chi connectivity index (χ0) is 14.8. The van der Waals surface area contributed by atoms with Gasteiger partial charge in [-0.25, -0.2) is 8.42 Å². The summed E-state index contributed by atoms with van der Waals surface area (Å²) in [6, 6.07) is 6.60. The lowest BCUT2D eigenvalue weighted by Gasteiger charge is -2.29. The lowest BCUT2D eigenvalue weighted by atomic mass is 10.2. The second kappa shape index (κ2) is 5.49. The highest BCUT2D eigenvalue weighted by Crippen LogP contribution is 2.31. The van der Waals surface area contributed by atoms with Crippen LogP contribution < -0.4 is 9.62 Å². The van der Waals surface area contributed by atoms with Crippen molar-refractivity contribution < 1.29 is 22.7 Å². The summed E-state index contributed by atoms with van der Waals surface area (Å²) >= 11 is 0. The van der Waals surface area contributed by atoms with Crippen molar-refractivity contribution in [1.29, 1.82) is 0 Å². The Morgan fingerprint density at radius 1 is 1.40 bits per heavy atom. The molecule has 0 bridgehead atoms. The summed E-state index contributed by atoms with van der Waals surface area (Å²) in [5.74, 6) is -1.42. The minimum Gasteiger partial charge on any atom is -0.469 e. The maximum atomic E-state index is 12.3. The van der Waals surface area contributed by atoms with Crippen molar-refractivity contribution in [2.75, 3.05) is 29.0 Å². The highest BCUT2D eigenvalue weighted by Gasteiger charge is 2.31. The third-order valence-corrected chi connectivity index (χ3v) is 4.58. The van der Waals surface area contributed by atoms with Crippen LogP contribution in [0.4, 0.5) is 11.4 Å². The van der Waals surface area contributed by atoms with Gasteiger partial charge < -0.3 is 10.1 Å². The molecule has 1 amide bonds. The van der Waals surface area contributed by atoms with E-state index in [-0.39, 0.29) is 13.0 Å². The Morgan fingerprint density at radius 3 is 2.80 bits per heavy atom.